The van der Waals surface area contributed by atoms with Crippen LogP contribution in [-0.4, -0.2) is 17.1 Å². The number of aromatic hydroxyl groups is 1. The summed E-state index contributed by atoms with van der Waals surface area (Å²) in [6, 6.07) is 38.7. The molecule has 0 aliphatic carbocycles. The van der Waals surface area contributed by atoms with E-state index in [4.69, 9.17) is 0 Å². The highest BCUT2D eigenvalue weighted by Gasteiger charge is 2.27. The molecule has 176 valence electrons. The van der Waals surface area contributed by atoms with Crippen LogP contribution >= 0.6 is 0 Å². The second-order valence-corrected chi connectivity index (χ2v) is 9.69. The Kier molecular flexibility index (Phi) is 6.57. The van der Waals surface area contributed by atoms with Crippen LogP contribution in [0, 0.1) is 0 Å². The summed E-state index contributed by atoms with van der Waals surface area (Å²) in [5.41, 5.74) is 3.68. The van der Waals surface area contributed by atoms with E-state index in [0.717, 1.165) is 17.4 Å². The van der Waals surface area contributed by atoms with Crippen molar-refractivity contribution in [1.29, 1.82) is 0 Å². The van der Waals surface area contributed by atoms with E-state index in [-0.39, 0.29) is 18.0 Å². The highest BCUT2D eigenvalue weighted by atomic mass is 16.3. The van der Waals surface area contributed by atoms with Gasteiger partial charge in [-0.2, -0.15) is 0 Å². The van der Waals surface area contributed by atoms with Gasteiger partial charge in [-0.25, -0.2) is 0 Å². The van der Waals surface area contributed by atoms with Crippen molar-refractivity contribution >= 4 is 21.5 Å². The lowest BCUT2D eigenvalue weighted by molar-refractivity contribution is 0.171. The Labute approximate surface area is 208 Å². The molecule has 0 aliphatic heterocycles. The Morgan fingerprint density at radius 3 is 2.00 bits per heavy atom. The Bertz CT molecular complexity index is 1440. The number of fused-ring (bicyclic) bond motifs is 2. The third-order valence-corrected chi connectivity index (χ3v) is 7.58. The molecule has 0 bridgehead atoms. The highest BCUT2D eigenvalue weighted by molar-refractivity contribution is 5.88. The van der Waals surface area contributed by atoms with Crippen LogP contribution in [0.25, 0.3) is 21.5 Å². The van der Waals surface area contributed by atoms with Gasteiger partial charge >= 0.3 is 0 Å². The number of rotatable bonds is 7. The summed E-state index contributed by atoms with van der Waals surface area (Å²) in [6.45, 7) is 4.54. The van der Waals surface area contributed by atoms with Crippen LogP contribution in [-0.2, 0) is 0 Å². The monoisotopic (exact) mass is 459 g/mol. The molecule has 5 aromatic carbocycles. The fourth-order valence-electron chi connectivity index (χ4n) is 5.55. The van der Waals surface area contributed by atoms with Crippen LogP contribution in [0.2, 0.25) is 0 Å². The second kappa shape index (κ2) is 9.93. The summed E-state index contributed by atoms with van der Waals surface area (Å²) in [7, 11) is 2.24. The average Bonchev–Trinajstić information content (AvgIpc) is 2.91. The van der Waals surface area contributed by atoms with Crippen molar-refractivity contribution in [3.05, 3.63) is 126 Å². The molecule has 0 heterocycles. The first kappa shape index (κ1) is 23.1. The lowest BCUT2D eigenvalue weighted by atomic mass is 9.85. The molecule has 2 heteroatoms. The van der Waals surface area contributed by atoms with Gasteiger partial charge in [-0.3, -0.25) is 4.90 Å². The Hall–Kier alpha value is -3.62. The van der Waals surface area contributed by atoms with E-state index in [1.807, 2.05) is 12.1 Å². The molecule has 0 amide bonds. The van der Waals surface area contributed by atoms with Gasteiger partial charge in [0.15, 0.2) is 0 Å². The SMILES string of the molecule is CC(CC(c1cccc2ccccc12)N(C)C(C)c1ccccc1)c1c(O)ccc2ccccc12. The number of hydrogen-bond donors (Lipinski definition) is 1. The maximum atomic E-state index is 10.9. The van der Waals surface area contributed by atoms with E-state index >= 15 is 0 Å². The molecule has 0 saturated heterocycles. The van der Waals surface area contributed by atoms with Gasteiger partial charge in [0.2, 0.25) is 0 Å². The molecule has 2 nitrogen and oxygen atoms in total. The lowest BCUT2D eigenvalue weighted by Gasteiger charge is -2.36. The molecule has 35 heavy (non-hydrogen) atoms. The first-order valence-electron chi connectivity index (χ1n) is 12.5. The molecular weight excluding hydrogens is 426 g/mol. The van der Waals surface area contributed by atoms with Gasteiger partial charge in [0.1, 0.15) is 5.75 Å². The molecule has 0 fully saturated rings. The standard InChI is InChI=1S/C33H33NO/c1-23(33-29-18-10-8-15-27(29)20-21-32(33)35)22-31(34(3)24(2)25-12-5-4-6-13-25)30-19-11-16-26-14-7-9-17-28(26)30/h4-21,23-24,31,35H,22H2,1-3H3. The molecule has 5 rings (SSSR count). The van der Waals surface area contributed by atoms with Crippen LogP contribution in [0.3, 0.4) is 0 Å². The van der Waals surface area contributed by atoms with E-state index in [2.05, 4.69) is 123 Å². The third-order valence-electron chi connectivity index (χ3n) is 7.58. The normalized spacial score (nSPS) is 14.3. The number of hydrogen-bond acceptors (Lipinski definition) is 2. The van der Waals surface area contributed by atoms with Crippen LogP contribution in [0.5, 0.6) is 5.75 Å². The van der Waals surface area contributed by atoms with Crippen molar-refractivity contribution < 1.29 is 5.11 Å². The maximum Gasteiger partial charge on any atom is 0.119 e. The maximum absolute atomic E-state index is 10.9. The van der Waals surface area contributed by atoms with Crippen molar-refractivity contribution in [2.75, 3.05) is 7.05 Å². The van der Waals surface area contributed by atoms with Crippen LogP contribution in [0.1, 0.15) is 55.0 Å². The van der Waals surface area contributed by atoms with Gasteiger partial charge in [-0.1, -0.05) is 110 Å². The van der Waals surface area contributed by atoms with E-state index < -0.39 is 0 Å². The molecule has 0 aliphatic rings. The van der Waals surface area contributed by atoms with Gasteiger partial charge in [-0.15, -0.1) is 0 Å². The zero-order valence-corrected chi connectivity index (χ0v) is 20.7. The minimum atomic E-state index is 0.162. The van der Waals surface area contributed by atoms with Crippen molar-refractivity contribution in [2.24, 2.45) is 0 Å². The third kappa shape index (κ3) is 4.54. The lowest BCUT2D eigenvalue weighted by Crippen LogP contribution is -2.29. The van der Waals surface area contributed by atoms with Crippen LogP contribution in [0.4, 0.5) is 0 Å². The largest absolute Gasteiger partial charge is 0.508 e. The van der Waals surface area contributed by atoms with E-state index in [1.165, 1.54) is 27.3 Å². The van der Waals surface area contributed by atoms with Crippen molar-refractivity contribution in [2.45, 2.75) is 38.3 Å². The number of nitrogens with zero attached hydrogens (tertiary/aromatic N) is 1. The molecule has 0 saturated carbocycles. The molecule has 0 radical (unpaired) electrons. The predicted molar refractivity (Wildman–Crippen MR) is 148 cm³/mol. The summed E-state index contributed by atoms with van der Waals surface area (Å²) in [6.07, 6.45) is 0.892. The number of phenolic OH excluding ortho intramolecular Hbond substituents is 1. The Balaban J connectivity index is 1.60. The molecule has 3 atom stereocenters. The average molecular weight is 460 g/mol. The predicted octanol–water partition coefficient (Wildman–Crippen LogP) is 8.63. The van der Waals surface area contributed by atoms with Crippen molar-refractivity contribution in [3.63, 3.8) is 0 Å². The van der Waals surface area contributed by atoms with E-state index in [9.17, 15) is 5.11 Å². The minimum absolute atomic E-state index is 0.162. The van der Waals surface area contributed by atoms with Gasteiger partial charge < -0.3 is 5.11 Å². The minimum Gasteiger partial charge on any atom is -0.508 e. The second-order valence-electron chi connectivity index (χ2n) is 9.69. The van der Waals surface area contributed by atoms with E-state index in [0.29, 0.717) is 5.75 Å². The van der Waals surface area contributed by atoms with Crippen LogP contribution < -0.4 is 0 Å². The zero-order valence-electron chi connectivity index (χ0n) is 20.7. The summed E-state index contributed by atoms with van der Waals surface area (Å²) < 4.78 is 0. The van der Waals surface area contributed by atoms with Crippen molar-refractivity contribution in [1.82, 2.24) is 4.90 Å². The molecular formula is C33H33NO. The van der Waals surface area contributed by atoms with Gasteiger partial charge in [0.25, 0.3) is 0 Å². The van der Waals surface area contributed by atoms with E-state index in [1.54, 1.807) is 0 Å². The first-order chi connectivity index (χ1) is 17.0. The quantitative estimate of drug-likeness (QED) is 0.263. The fraction of sp³-hybridized carbons (Fsp3) is 0.212. The molecule has 5 aromatic rings. The number of phenols is 1. The molecule has 3 unspecified atom stereocenters. The van der Waals surface area contributed by atoms with Crippen molar-refractivity contribution in [3.8, 4) is 5.75 Å². The molecule has 1 N–H and O–H groups in total. The summed E-state index contributed by atoms with van der Waals surface area (Å²) in [4.78, 5) is 2.50. The summed E-state index contributed by atoms with van der Waals surface area (Å²) >= 11 is 0. The van der Waals surface area contributed by atoms with Crippen LogP contribution in [0.15, 0.2) is 109 Å². The molecule has 0 spiro atoms. The Morgan fingerprint density at radius 1 is 0.657 bits per heavy atom. The Morgan fingerprint density at radius 2 is 1.26 bits per heavy atom. The summed E-state index contributed by atoms with van der Waals surface area (Å²) in [5.74, 6) is 0.544. The topological polar surface area (TPSA) is 23.5 Å². The first-order valence-corrected chi connectivity index (χ1v) is 12.5. The van der Waals surface area contributed by atoms with Gasteiger partial charge in [0, 0.05) is 17.6 Å². The fourth-order valence-corrected chi connectivity index (χ4v) is 5.55. The summed E-state index contributed by atoms with van der Waals surface area (Å²) in [5, 5.41) is 15.8. The number of benzene rings is 5. The smallest absolute Gasteiger partial charge is 0.119 e. The zero-order chi connectivity index (χ0) is 24.4. The highest BCUT2D eigenvalue weighted by Crippen LogP contribution is 2.42. The van der Waals surface area contributed by atoms with Gasteiger partial charge in [0.05, 0.1) is 0 Å². The molecule has 0 aromatic heterocycles. The van der Waals surface area contributed by atoms with Gasteiger partial charge in [-0.05, 0) is 65.0 Å².